The summed E-state index contributed by atoms with van der Waals surface area (Å²) >= 11 is 3.43. The van der Waals surface area contributed by atoms with Gasteiger partial charge in [-0.2, -0.15) is 0 Å². The molecule has 1 aliphatic heterocycles. The molecule has 1 aliphatic rings. The zero-order valence-corrected chi connectivity index (χ0v) is 13.1. The summed E-state index contributed by atoms with van der Waals surface area (Å²) in [6, 6.07) is 5.33. The topological polar surface area (TPSA) is 75.6 Å². The highest BCUT2D eigenvalue weighted by Crippen LogP contribution is 2.19. The number of ether oxygens (including phenoxy) is 1. The van der Waals surface area contributed by atoms with E-state index >= 15 is 0 Å². The predicted octanol–water partition coefficient (Wildman–Crippen LogP) is 1.99. The third-order valence-electron chi connectivity index (χ3n) is 3.30. The monoisotopic (exact) mass is 353 g/mol. The molecular formula is C15H16BrNO4. The van der Waals surface area contributed by atoms with Crippen LogP contribution < -0.4 is 5.32 Å². The molecule has 21 heavy (non-hydrogen) atoms. The van der Waals surface area contributed by atoms with Crippen molar-refractivity contribution in [3.63, 3.8) is 0 Å². The summed E-state index contributed by atoms with van der Waals surface area (Å²) in [5.74, 6) is -1.97. The standard InChI is InChI=1S/C15H16BrNO4/c1-9-2-3-10(12(16)6-9)4-5-14(18)17-13-8-21-7-11(13)15(19)20/h2-6,11,13H,7-8H2,1H3,(H,17,18)(H,19,20). The molecule has 2 N–H and O–H groups in total. The first-order chi connectivity index (χ1) is 9.97. The number of benzene rings is 1. The van der Waals surface area contributed by atoms with Crippen molar-refractivity contribution in [1.82, 2.24) is 5.32 Å². The lowest BCUT2D eigenvalue weighted by Gasteiger charge is -2.14. The zero-order valence-electron chi connectivity index (χ0n) is 11.5. The molecule has 1 saturated heterocycles. The van der Waals surface area contributed by atoms with Crippen molar-refractivity contribution < 1.29 is 19.4 Å². The van der Waals surface area contributed by atoms with Crippen molar-refractivity contribution in [2.24, 2.45) is 5.92 Å². The van der Waals surface area contributed by atoms with Gasteiger partial charge in [-0.15, -0.1) is 0 Å². The van der Waals surface area contributed by atoms with E-state index in [2.05, 4.69) is 21.2 Å². The third kappa shape index (κ3) is 4.15. The van der Waals surface area contributed by atoms with Gasteiger partial charge < -0.3 is 15.2 Å². The third-order valence-corrected chi connectivity index (χ3v) is 3.98. The first-order valence-electron chi connectivity index (χ1n) is 6.52. The summed E-state index contributed by atoms with van der Waals surface area (Å²) in [5, 5.41) is 11.7. The summed E-state index contributed by atoms with van der Waals surface area (Å²) in [5.41, 5.74) is 2.00. The molecule has 1 aromatic rings. The SMILES string of the molecule is Cc1ccc(C=CC(=O)NC2COCC2C(=O)O)c(Br)c1. The second-order valence-electron chi connectivity index (χ2n) is 4.96. The van der Waals surface area contributed by atoms with Crippen LogP contribution in [0.5, 0.6) is 0 Å². The predicted molar refractivity (Wildman–Crippen MR) is 81.8 cm³/mol. The average molecular weight is 354 g/mol. The van der Waals surface area contributed by atoms with E-state index in [1.807, 2.05) is 25.1 Å². The fraction of sp³-hybridized carbons (Fsp3) is 0.333. The Bertz CT molecular complexity index is 585. The van der Waals surface area contributed by atoms with Gasteiger partial charge in [0.15, 0.2) is 0 Å². The van der Waals surface area contributed by atoms with Crippen molar-refractivity contribution in [2.45, 2.75) is 13.0 Å². The highest BCUT2D eigenvalue weighted by atomic mass is 79.9. The van der Waals surface area contributed by atoms with Crippen molar-refractivity contribution in [3.8, 4) is 0 Å². The molecule has 0 spiro atoms. The number of aliphatic carboxylic acids is 1. The molecule has 2 atom stereocenters. The molecule has 1 fully saturated rings. The Labute approximate surface area is 131 Å². The van der Waals surface area contributed by atoms with E-state index in [4.69, 9.17) is 9.84 Å². The van der Waals surface area contributed by atoms with Crippen LogP contribution in [0.3, 0.4) is 0 Å². The Morgan fingerprint density at radius 1 is 1.43 bits per heavy atom. The van der Waals surface area contributed by atoms with E-state index in [-0.39, 0.29) is 19.1 Å². The Balaban J connectivity index is 1.98. The average Bonchev–Trinajstić information content (AvgIpc) is 2.86. The van der Waals surface area contributed by atoms with Gasteiger partial charge in [-0.3, -0.25) is 9.59 Å². The Morgan fingerprint density at radius 2 is 2.19 bits per heavy atom. The quantitative estimate of drug-likeness (QED) is 0.811. The second kappa shape index (κ2) is 6.87. The number of carbonyl (C=O) groups excluding carboxylic acids is 1. The maximum Gasteiger partial charge on any atom is 0.311 e. The smallest absolute Gasteiger partial charge is 0.311 e. The lowest BCUT2D eigenvalue weighted by molar-refractivity contribution is -0.142. The molecule has 0 aromatic heterocycles. The molecule has 6 heteroatoms. The van der Waals surface area contributed by atoms with Crippen LogP contribution in [-0.4, -0.2) is 36.2 Å². The van der Waals surface area contributed by atoms with Gasteiger partial charge in [0.1, 0.15) is 5.92 Å². The molecule has 2 unspecified atom stereocenters. The minimum absolute atomic E-state index is 0.132. The van der Waals surface area contributed by atoms with Crippen molar-refractivity contribution in [3.05, 3.63) is 39.9 Å². The van der Waals surface area contributed by atoms with E-state index in [0.717, 1.165) is 15.6 Å². The fourth-order valence-electron chi connectivity index (χ4n) is 2.10. The highest BCUT2D eigenvalue weighted by Gasteiger charge is 2.34. The molecular weight excluding hydrogens is 338 g/mol. The van der Waals surface area contributed by atoms with Crippen LogP contribution in [0.15, 0.2) is 28.7 Å². The van der Waals surface area contributed by atoms with Gasteiger partial charge in [0, 0.05) is 10.5 Å². The molecule has 1 amide bonds. The number of carbonyl (C=O) groups is 2. The summed E-state index contributed by atoms with van der Waals surface area (Å²) in [6.07, 6.45) is 3.08. The number of halogens is 1. The van der Waals surface area contributed by atoms with Gasteiger partial charge in [-0.25, -0.2) is 0 Å². The lowest BCUT2D eigenvalue weighted by Crippen LogP contribution is -2.41. The Kier molecular flexibility index (Phi) is 5.14. The van der Waals surface area contributed by atoms with Crippen molar-refractivity contribution in [2.75, 3.05) is 13.2 Å². The zero-order chi connectivity index (χ0) is 15.4. The normalized spacial score (nSPS) is 21.6. The van der Waals surface area contributed by atoms with Crippen LogP contribution in [0, 0.1) is 12.8 Å². The minimum atomic E-state index is -0.956. The van der Waals surface area contributed by atoms with Gasteiger partial charge in [0.05, 0.1) is 19.3 Å². The first-order valence-corrected chi connectivity index (χ1v) is 7.32. The van der Waals surface area contributed by atoms with Gasteiger partial charge in [0.25, 0.3) is 0 Å². The Morgan fingerprint density at radius 3 is 2.86 bits per heavy atom. The number of hydrogen-bond acceptors (Lipinski definition) is 3. The van der Waals surface area contributed by atoms with Crippen molar-refractivity contribution >= 4 is 33.9 Å². The molecule has 1 aromatic carbocycles. The number of aryl methyl sites for hydroxylation is 1. The van der Waals surface area contributed by atoms with E-state index in [1.54, 1.807) is 6.08 Å². The number of rotatable bonds is 4. The summed E-state index contributed by atoms with van der Waals surface area (Å²) in [7, 11) is 0. The number of amides is 1. The van der Waals surface area contributed by atoms with Crippen LogP contribution in [0.1, 0.15) is 11.1 Å². The maximum absolute atomic E-state index is 11.9. The lowest BCUT2D eigenvalue weighted by atomic mass is 10.0. The highest BCUT2D eigenvalue weighted by molar-refractivity contribution is 9.10. The van der Waals surface area contributed by atoms with E-state index in [0.29, 0.717) is 0 Å². The number of hydrogen-bond donors (Lipinski definition) is 2. The Hall–Kier alpha value is -1.66. The molecule has 1 heterocycles. The number of carboxylic acids is 1. The summed E-state index contributed by atoms with van der Waals surface area (Å²) < 4.78 is 6.00. The van der Waals surface area contributed by atoms with Crippen molar-refractivity contribution in [1.29, 1.82) is 0 Å². The van der Waals surface area contributed by atoms with E-state index in [1.165, 1.54) is 6.08 Å². The maximum atomic E-state index is 11.9. The van der Waals surface area contributed by atoms with Crippen LogP contribution in [0.2, 0.25) is 0 Å². The number of nitrogens with one attached hydrogen (secondary N) is 1. The largest absolute Gasteiger partial charge is 0.481 e. The van der Waals surface area contributed by atoms with Gasteiger partial charge in [-0.1, -0.05) is 28.1 Å². The van der Waals surface area contributed by atoms with Crippen LogP contribution >= 0.6 is 15.9 Å². The number of carboxylic acid groups (broad SMARTS) is 1. The van der Waals surface area contributed by atoms with Gasteiger partial charge >= 0.3 is 5.97 Å². The second-order valence-corrected chi connectivity index (χ2v) is 5.81. The molecule has 0 radical (unpaired) electrons. The molecule has 2 rings (SSSR count). The first kappa shape index (κ1) is 15.7. The molecule has 112 valence electrons. The summed E-state index contributed by atoms with van der Waals surface area (Å²) in [6.45, 7) is 2.34. The molecule has 5 nitrogen and oxygen atoms in total. The van der Waals surface area contributed by atoms with Gasteiger partial charge in [0.2, 0.25) is 5.91 Å². The minimum Gasteiger partial charge on any atom is -0.481 e. The molecule has 0 saturated carbocycles. The van der Waals surface area contributed by atoms with Crippen LogP contribution in [0.25, 0.3) is 6.08 Å². The summed E-state index contributed by atoms with van der Waals surface area (Å²) in [4.78, 5) is 22.9. The van der Waals surface area contributed by atoms with E-state index in [9.17, 15) is 9.59 Å². The van der Waals surface area contributed by atoms with Crippen LogP contribution in [-0.2, 0) is 14.3 Å². The molecule has 0 aliphatic carbocycles. The van der Waals surface area contributed by atoms with Gasteiger partial charge in [-0.05, 0) is 30.2 Å². The fourth-order valence-corrected chi connectivity index (χ4v) is 2.73. The van der Waals surface area contributed by atoms with Crippen LogP contribution in [0.4, 0.5) is 0 Å². The molecule has 0 bridgehead atoms. The van der Waals surface area contributed by atoms with E-state index < -0.39 is 17.9 Å².